The number of rotatable bonds is 5. The standard InChI is InChI=1S/C6H10O5S/c1-4(2)6(8)5(7)3-11-12(9)10/h5,7,12H,1,3H2,2H3. The monoisotopic (exact) mass is 194 g/mol. The van der Waals surface area contributed by atoms with Crippen molar-refractivity contribution in [3.63, 3.8) is 0 Å². The van der Waals surface area contributed by atoms with Crippen LogP contribution in [0.2, 0.25) is 0 Å². The minimum atomic E-state index is -3.02. The van der Waals surface area contributed by atoms with E-state index in [0.29, 0.717) is 0 Å². The Hall–Kier alpha value is -0.720. The van der Waals surface area contributed by atoms with Crippen molar-refractivity contribution in [2.24, 2.45) is 0 Å². The van der Waals surface area contributed by atoms with E-state index in [9.17, 15) is 13.2 Å². The highest BCUT2D eigenvalue weighted by molar-refractivity contribution is 7.67. The van der Waals surface area contributed by atoms with E-state index in [1.54, 1.807) is 0 Å². The fraction of sp³-hybridized carbons (Fsp3) is 0.500. The highest BCUT2D eigenvalue weighted by Gasteiger charge is 2.15. The van der Waals surface area contributed by atoms with Crippen LogP contribution in [0.4, 0.5) is 0 Å². The molecule has 0 radical (unpaired) electrons. The maximum absolute atomic E-state index is 10.8. The Morgan fingerprint density at radius 3 is 2.50 bits per heavy atom. The first-order chi connectivity index (χ1) is 5.45. The van der Waals surface area contributed by atoms with Crippen LogP contribution in [0.15, 0.2) is 12.2 Å². The largest absolute Gasteiger partial charge is 0.382 e. The van der Waals surface area contributed by atoms with Crippen LogP contribution in [-0.4, -0.2) is 32.0 Å². The van der Waals surface area contributed by atoms with E-state index in [1.165, 1.54) is 6.92 Å². The van der Waals surface area contributed by atoms with Gasteiger partial charge in [-0.25, -0.2) is 8.42 Å². The Balaban J connectivity index is 3.96. The van der Waals surface area contributed by atoms with Crippen molar-refractivity contribution in [3.8, 4) is 0 Å². The molecular formula is C6H10O5S. The summed E-state index contributed by atoms with van der Waals surface area (Å²) in [5.74, 6) is -0.619. The molecule has 0 amide bonds. The Bertz CT molecular complexity index is 247. The van der Waals surface area contributed by atoms with Crippen LogP contribution in [-0.2, 0) is 20.0 Å². The van der Waals surface area contributed by atoms with Crippen molar-refractivity contribution in [3.05, 3.63) is 12.2 Å². The van der Waals surface area contributed by atoms with Crippen molar-refractivity contribution in [1.82, 2.24) is 0 Å². The van der Waals surface area contributed by atoms with Gasteiger partial charge in [-0.05, 0) is 12.5 Å². The molecule has 6 heteroatoms. The lowest BCUT2D eigenvalue weighted by Crippen LogP contribution is -2.26. The number of ketones is 1. The lowest BCUT2D eigenvalue weighted by molar-refractivity contribution is -0.124. The molecule has 1 N–H and O–H groups in total. The van der Waals surface area contributed by atoms with E-state index >= 15 is 0 Å². The summed E-state index contributed by atoms with van der Waals surface area (Å²) in [7, 11) is -3.02. The molecule has 0 aliphatic rings. The normalized spacial score (nSPS) is 12.9. The minimum absolute atomic E-state index is 0.159. The first kappa shape index (κ1) is 11.3. The summed E-state index contributed by atoms with van der Waals surface area (Å²) < 4.78 is 23.7. The van der Waals surface area contributed by atoms with Gasteiger partial charge in [0.25, 0.3) is 11.0 Å². The third-order valence-electron chi connectivity index (χ3n) is 1.06. The van der Waals surface area contributed by atoms with Crippen LogP contribution >= 0.6 is 0 Å². The molecule has 0 heterocycles. The Labute approximate surface area is 71.8 Å². The number of carbonyl (C=O) groups excluding carboxylic acids is 1. The van der Waals surface area contributed by atoms with E-state index in [-0.39, 0.29) is 5.57 Å². The number of hydrogen-bond donors (Lipinski definition) is 2. The van der Waals surface area contributed by atoms with Gasteiger partial charge < -0.3 is 5.11 Å². The number of carbonyl (C=O) groups is 1. The second kappa shape index (κ2) is 5.02. The summed E-state index contributed by atoms with van der Waals surface area (Å²) in [5, 5.41) is 8.93. The average molecular weight is 194 g/mol. The molecule has 0 bridgehead atoms. The highest BCUT2D eigenvalue weighted by atomic mass is 32.2. The molecule has 0 fully saturated rings. The number of hydrogen-bond acceptors (Lipinski definition) is 5. The van der Waals surface area contributed by atoms with Crippen molar-refractivity contribution < 1.29 is 22.5 Å². The number of aliphatic hydroxyl groups is 1. The lowest BCUT2D eigenvalue weighted by Gasteiger charge is -2.05. The van der Waals surface area contributed by atoms with Crippen LogP contribution in [0.25, 0.3) is 0 Å². The summed E-state index contributed by atoms with van der Waals surface area (Å²) in [5.41, 5.74) is 0.159. The molecule has 0 aromatic rings. The van der Waals surface area contributed by atoms with Gasteiger partial charge in [0.15, 0.2) is 5.78 Å². The van der Waals surface area contributed by atoms with Crippen LogP contribution in [0.3, 0.4) is 0 Å². The van der Waals surface area contributed by atoms with Crippen molar-refractivity contribution in [1.29, 1.82) is 0 Å². The third kappa shape index (κ3) is 4.22. The Morgan fingerprint density at radius 1 is 1.67 bits per heavy atom. The Morgan fingerprint density at radius 2 is 2.17 bits per heavy atom. The van der Waals surface area contributed by atoms with Gasteiger partial charge in [0.05, 0.1) is 6.61 Å². The molecule has 12 heavy (non-hydrogen) atoms. The second-order valence-corrected chi connectivity index (χ2v) is 2.89. The molecule has 0 aromatic heterocycles. The van der Waals surface area contributed by atoms with E-state index in [4.69, 9.17) is 5.11 Å². The van der Waals surface area contributed by atoms with E-state index in [2.05, 4.69) is 10.8 Å². The summed E-state index contributed by atoms with van der Waals surface area (Å²) >= 11 is 0. The van der Waals surface area contributed by atoms with Gasteiger partial charge >= 0.3 is 0 Å². The van der Waals surface area contributed by atoms with E-state index in [1.807, 2.05) is 0 Å². The smallest absolute Gasteiger partial charge is 0.257 e. The molecule has 1 unspecified atom stereocenters. The van der Waals surface area contributed by atoms with Gasteiger partial charge in [0, 0.05) is 0 Å². The molecule has 0 rings (SSSR count). The molecule has 0 spiro atoms. The van der Waals surface area contributed by atoms with Crippen molar-refractivity contribution in [2.75, 3.05) is 6.61 Å². The molecule has 0 aliphatic carbocycles. The van der Waals surface area contributed by atoms with Crippen LogP contribution in [0, 0.1) is 0 Å². The zero-order chi connectivity index (χ0) is 9.72. The number of aliphatic hydroxyl groups excluding tert-OH is 1. The summed E-state index contributed by atoms with van der Waals surface area (Å²) in [6, 6.07) is 0. The van der Waals surface area contributed by atoms with Gasteiger partial charge in [-0.1, -0.05) is 6.58 Å². The zero-order valence-electron chi connectivity index (χ0n) is 6.52. The molecule has 0 saturated heterocycles. The maximum Gasteiger partial charge on any atom is 0.257 e. The summed E-state index contributed by atoms with van der Waals surface area (Å²) in [6.45, 7) is 4.16. The van der Waals surface area contributed by atoms with Gasteiger partial charge in [0.2, 0.25) is 0 Å². The topological polar surface area (TPSA) is 80.7 Å². The highest BCUT2D eigenvalue weighted by Crippen LogP contribution is 1.97. The third-order valence-corrected chi connectivity index (χ3v) is 1.42. The summed E-state index contributed by atoms with van der Waals surface area (Å²) in [6.07, 6.45) is -1.45. The van der Waals surface area contributed by atoms with Crippen LogP contribution in [0.5, 0.6) is 0 Å². The SMILES string of the molecule is C=C(C)C(=O)C(O)CO[SH](=O)=O. The minimum Gasteiger partial charge on any atom is -0.382 e. The van der Waals surface area contributed by atoms with Gasteiger partial charge in [-0.2, -0.15) is 0 Å². The molecule has 0 saturated carbocycles. The van der Waals surface area contributed by atoms with Crippen molar-refractivity contribution in [2.45, 2.75) is 13.0 Å². The Kier molecular flexibility index (Phi) is 4.72. The molecular weight excluding hydrogens is 184 g/mol. The molecule has 0 aromatic carbocycles. The van der Waals surface area contributed by atoms with E-state index in [0.717, 1.165) is 0 Å². The summed E-state index contributed by atoms with van der Waals surface area (Å²) in [4.78, 5) is 10.8. The fourth-order valence-corrected chi connectivity index (χ4v) is 0.754. The second-order valence-electron chi connectivity index (χ2n) is 2.18. The zero-order valence-corrected chi connectivity index (χ0v) is 7.41. The molecule has 0 aliphatic heterocycles. The average Bonchev–Trinajstić information content (AvgIpc) is 1.98. The first-order valence-corrected chi connectivity index (χ1v) is 4.19. The quantitative estimate of drug-likeness (QED) is 0.435. The number of thiol groups is 1. The van der Waals surface area contributed by atoms with E-state index < -0.39 is 29.5 Å². The first-order valence-electron chi connectivity index (χ1n) is 3.10. The van der Waals surface area contributed by atoms with Crippen LogP contribution < -0.4 is 0 Å². The maximum atomic E-state index is 10.8. The molecule has 70 valence electrons. The predicted octanol–water partition coefficient (Wildman–Crippen LogP) is -0.965. The fourth-order valence-electron chi connectivity index (χ4n) is 0.492. The van der Waals surface area contributed by atoms with Crippen molar-refractivity contribution >= 4 is 16.8 Å². The predicted molar refractivity (Wildman–Crippen MR) is 42.1 cm³/mol. The number of Topliss-reactive ketones (excluding diaryl/α,β-unsaturated/α-hetero) is 1. The molecule has 5 nitrogen and oxygen atoms in total. The lowest BCUT2D eigenvalue weighted by atomic mass is 10.1. The van der Waals surface area contributed by atoms with Gasteiger partial charge in [-0.15, -0.1) is 0 Å². The van der Waals surface area contributed by atoms with Gasteiger partial charge in [-0.3, -0.25) is 8.98 Å². The molecule has 1 atom stereocenters. The van der Waals surface area contributed by atoms with Gasteiger partial charge in [0.1, 0.15) is 6.10 Å². The van der Waals surface area contributed by atoms with Crippen LogP contribution in [0.1, 0.15) is 6.92 Å².